The molecule has 4 aromatic rings. The fourth-order valence-electron chi connectivity index (χ4n) is 3.40. The van der Waals surface area contributed by atoms with Crippen molar-refractivity contribution in [1.29, 1.82) is 0 Å². The van der Waals surface area contributed by atoms with E-state index in [0.717, 1.165) is 28.0 Å². The Kier molecular flexibility index (Phi) is 5.61. The number of halogens is 3. The van der Waals surface area contributed by atoms with Crippen molar-refractivity contribution >= 4 is 10.8 Å². The van der Waals surface area contributed by atoms with Crippen molar-refractivity contribution in [3.05, 3.63) is 84.7 Å². The lowest BCUT2D eigenvalue weighted by Crippen LogP contribution is -2.03. The van der Waals surface area contributed by atoms with Crippen LogP contribution in [-0.4, -0.2) is 13.2 Å². The van der Waals surface area contributed by atoms with Gasteiger partial charge in [0.2, 0.25) is 0 Å². The highest BCUT2D eigenvalue weighted by molar-refractivity contribution is 5.89. The summed E-state index contributed by atoms with van der Waals surface area (Å²) in [6, 6.07) is 23.9. The van der Waals surface area contributed by atoms with Crippen molar-refractivity contribution in [2.75, 3.05) is 6.61 Å². The average molecular weight is 408 g/mol. The van der Waals surface area contributed by atoms with E-state index in [1.807, 2.05) is 61.5 Å². The maximum atomic E-state index is 14.4. The molecule has 152 valence electrons. The molecule has 2 nitrogen and oxygen atoms in total. The van der Waals surface area contributed by atoms with Gasteiger partial charge in [0.25, 0.3) is 0 Å². The molecule has 0 saturated heterocycles. The highest BCUT2D eigenvalue weighted by Crippen LogP contribution is 2.32. The van der Waals surface area contributed by atoms with Gasteiger partial charge >= 0.3 is 6.61 Å². The Bertz CT molecular complexity index is 1150. The lowest BCUT2D eigenvalue weighted by Gasteiger charge is -2.10. The summed E-state index contributed by atoms with van der Waals surface area (Å²) in [7, 11) is 0. The Balaban J connectivity index is 1.60. The van der Waals surface area contributed by atoms with Crippen LogP contribution in [0.3, 0.4) is 0 Å². The van der Waals surface area contributed by atoms with Gasteiger partial charge in [0, 0.05) is 5.39 Å². The number of benzene rings is 4. The molecule has 4 aromatic carbocycles. The van der Waals surface area contributed by atoms with Crippen LogP contribution in [0.5, 0.6) is 11.5 Å². The molecule has 5 heteroatoms. The molecule has 4 rings (SSSR count). The standard InChI is InChI=1S/C25H19F3O2/c1-2-29-21-11-7-17(8-12-21)16-3-5-18(6-4-16)19-9-13-22-20(15-19)10-14-23(24(22)26)30-25(27)28/h3-15,25H,2H2,1H3. The SMILES string of the molecule is CCOc1ccc(-c2ccc(-c3ccc4c(F)c(OC(F)F)ccc4c3)cc2)cc1. The van der Waals surface area contributed by atoms with Crippen molar-refractivity contribution in [3.63, 3.8) is 0 Å². The minimum atomic E-state index is -3.06. The second-order valence-corrected chi connectivity index (χ2v) is 6.73. The second kappa shape index (κ2) is 8.49. The Morgan fingerprint density at radius 1 is 0.733 bits per heavy atom. The first-order valence-corrected chi connectivity index (χ1v) is 9.56. The average Bonchev–Trinajstić information content (AvgIpc) is 2.76. The number of hydrogen-bond acceptors (Lipinski definition) is 2. The van der Waals surface area contributed by atoms with Crippen molar-refractivity contribution < 1.29 is 22.6 Å². The maximum absolute atomic E-state index is 14.4. The van der Waals surface area contributed by atoms with Crippen LogP contribution < -0.4 is 9.47 Å². The molecule has 0 N–H and O–H groups in total. The van der Waals surface area contributed by atoms with Crippen LogP contribution in [0.2, 0.25) is 0 Å². The van der Waals surface area contributed by atoms with E-state index in [4.69, 9.17) is 4.74 Å². The van der Waals surface area contributed by atoms with Gasteiger partial charge in [-0.25, -0.2) is 4.39 Å². The van der Waals surface area contributed by atoms with E-state index in [1.54, 1.807) is 18.2 Å². The molecule has 0 amide bonds. The topological polar surface area (TPSA) is 18.5 Å². The number of alkyl halides is 2. The minimum absolute atomic E-state index is 0.239. The summed E-state index contributed by atoms with van der Waals surface area (Å²) in [5.74, 6) is -0.404. The molecule has 30 heavy (non-hydrogen) atoms. The molecule has 0 aromatic heterocycles. The van der Waals surface area contributed by atoms with E-state index in [9.17, 15) is 13.2 Å². The van der Waals surface area contributed by atoms with Crippen LogP contribution in [0, 0.1) is 5.82 Å². The largest absolute Gasteiger partial charge is 0.494 e. The zero-order chi connectivity index (χ0) is 21.1. The summed E-state index contributed by atoms with van der Waals surface area (Å²) in [4.78, 5) is 0. The Morgan fingerprint density at radius 2 is 1.30 bits per heavy atom. The predicted molar refractivity (Wildman–Crippen MR) is 113 cm³/mol. The van der Waals surface area contributed by atoms with E-state index >= 15 is 0 Å². The molecule has 0 fully saturated rings. The molecule has 0 heterocycles. The maximum Gasteiger partial charge on any atom is 0.387 e. The third-order valence-corrected chi connectivity index (χ3v) is 4.85. The van der Waals surface area contributed by atoms with E-state index in [-0.39, 0.29) is 5.39 Å². The molecule has 0 radical (unpaired) electrons. The summed E-state index contributed by atoms with van der Waals surface area (Å²) in [6.07, 6.45) is 0. The van der Waals surface area contributed by atoms with Gasteiger partial charge in [0.15, 0.2) is 11.6 Å². The first-order chi connectivity index (χ1) is 14.5. The minimum Gasteiger partial charge on any atom is -0.494 e. The molecule has 0 spiro atoms. The fourth-order valence-corrected chi connectivity index (χ4v) is 3.40. The van der Waals surface area contributed by atoms with Crippen molar-refractivity contribution in [2.45, 2.75) is 13.5 Å². The quantitative estimate of drug-likeness (QED) is 0.333. The number of ether oxygens (including phenoxy) is 2. The van der Waals surface area contributed by atoms with Gasteiger partial charge in [-0.15, -0.1) is 0 Å². The van der Waals surface area contributed by atoms with Gasteiger partial charge < -0.3 is 9.47 Å². The summed E-state index contributed by atoms with van der Waals surface area (Å²) in [5, 5.41) is 0.852. The van der Waals surface area contributed by atoms with Crippen LogP contribution in [0.1, 0.15) is 6.92 Å². The third-order valence-electron chi connectivity index (χ3n) is 4.85. The molecular weight excluding hydrogens is 389 g/mol. The van der Waals surface area contributed by atoms with Crippen LogP contribution in [0.4, 0.5) is 13.2 Å². The van der Waals surface area contributed by atoms with Crippen LogP contribution >= 0.6 is 0 Å². The summed E-state index contributed by atoms with van der Waals surface area (Å²) in [6.45, 7) is -0.487. The first-order valence-electron chi connectivity index (χ1n) is 9.56. The molecule has 0 unspecified atom stereocenters. The van der Waals surface area contributed by atoms with E-state index in [1.165, 1.54) is 6.07 Å². The van der Waals surface area contributed by atoms with Gasteiger partial charge in [-0.05, 0) is 58.8 Å². The van der Waals surface area contributed by atoms with Gasteiger partial charge in [0.1, 0.15) is 5.75 Å². The predicted octanol–water partition coefficient (Wildman–Crippen LogP) is 7.31. The summed E-state index contributed by atoms with van der Waals surface area (Å²) in [5.41, 5.74) is 4.03. The summed E-state index contributed by atoms with van der Waals surface area (Å²) >= 11 is 0. The van der Waals surface area contributed by atoms with Crippen LogP contribution in [0.25, 0.3) is 33.0 Å². The number of hydrogen-bond donors (Lipinski definition) is 0. The highest BCUT2D eigenvalue weighted by Gasteiger charge is 2.13. The highest BCUT2D eigenvalue weighted by atomic mass is 19.3. The molecule has 0 aliphatic heterocycles. The Hall–Kier alpha value is -3.47. The Morgan fingerprint density at radius 3 is 1.90 bits per heavy atom. The first kappa shape index (κ1) is 19.8. The van der Waals surface area contributed by atoms with Gasteiger partial charge in [-0.3, -0.25) is 0 Å². The summed E-state index contributed by atoms with van der Waals surface area (Å²) < 4.78 is 48.9. The van der Waals surface area contributed by atoms with Gasteiger partial charge in [-0.2, -0.15) is 8.78 Å². The normalized spacial score (nSPS) is 11.1. The number of rotatable bonds is 6. The van der Waals surface area contributed by atoms with Crippen molar-refractivity contribution in [3.8, 4) is 33.8 Å². The lowest BCUT2D eigenvalue weighted by atomic mass is 9.98. The lowest BCUT2D eigenvalue weighted by molar-refractivity contribution is -0.0520. The van der Waals surface area contributed by atoms with Crippen LogP contribution in [0.15, 0.2) is 78.9 Å². The Labute approximate surface area is 172 Å². The number of fused-ring (bicyclic) bond motifs is 1. The molecule has 0 aliphatic rings. The molecule has 0 saturated carbocycles. The van der Waals surface area contributed by atoms with E-state index in [2.05, 4.69) is 4.74 Å². The van der Waals surface area contributed by atoms with Crippen LogP contribution in [-0.2, 0) is 0 Å². The molecular formula is C25H19F3O2. The van der Waals surface area contributed by atoms with Crippen molar-refractivity contribution in [2.24, 2.45) is 0 Å². The smallest absolute Gasteiger partial charge is 0.387 e. The molecule has 0 bridgehead atoms. The fraction of sp³-hybridized carbons (Fsp3) is 0.120. The van der Waals surface area contributed by atoms with Gasteiger partial charge in [-0.1, -0.05) is 54.6 Å². The molecule has 0 atom stereocenters. The zero-order valence-corrected chi connectivity index (χ0v) is 16.2. The van der Waals surface area contributed by atoms with Gasteiger partial charge in [0.05, 0.1) is 6.61 Å². The van der Waals surface area contributed by atoms with E-state index < -0.39 is 18.2 Å². The monoisotopic (exact) mass is 408 g/mol. The van der Waals surface area contributed by atoms with E-state index in [0.29, 0.717) is 12.0 Å². The zero-order valence-electron chi connectivity index (χ0n) is 16.2. The second-order valence-electron chi connectivity index (χ2n) is 6.73. The third kappa shape index (κ3) is 4.10. The van der Waals surface area contributed by atoms with Crippen molar-refractivity contribution in [1.82, 2.24) is 0 Å². The molecule has 0 aliphatic carbocycles.